The van der Waals surface area contributed by atoms with Crippen LogP contribution < -0.4 is 15.0 Å². The lowest BCUT2D eigenvalue weighted by Gasteiger charge is -2.34. The molecular formula is C25H30N2O6S2. The van der Waals surface area contributed by atoms with Crippen LogP contribution in [0.4, 0.5) is 10.5 Å². The van der Waals surface area contributed by atoms with Gasteiger partial charge in [0.1, 0.15) is 0 Å². The van der Waals surface area contributed by atoms with Crippen molar-refractivity contribution in [2.75, 3.05) is 31.8 Å². The van der Waals surface area contributed by atoms with E-state index in [9.17, 15) is 14.4 Å². The molecule has 1 saturated carbocycles. The van der Waals surface area contributed by atoms with Gasteiger partial charge in [-0.3, -0.25) is 4.90 Å². The number of hydrogen-bond acceptors (Lipinski definition) is 8. The van der Waals surface area contributed by atoms with Gasteiger partial charge in [-0.05, 0) is 44.4 Å². The number of carbonyl (C=O) groups is 3. The molecule has 3 aliphatic rings. The minimum atomic E-state index is -0.514. The average molecular weight is 519 g/mol. The Balaban J connectivity index is 1.75. The van der Waals surface area contributed by atoms with Crippen LogP contribution in [-0.2, 0) is 14.3 Å². The average Bonchev–Trinajstić information content (AvgIpc) is 3.39. The van der Waals surface area contributed by atoms with Gasteiger partial charge in [-0.2, -0.15) is 0 Å². The van der Waals surface area contributed by atoms with Gasteiger partial charge < -0.3 is 19.5 Å². The van der Waals surface area contributed by atoms with E-state index in [-0.39, 0.29) is 25.3 Å². The highest BCUT2D eigenvalue weighted by Crippen LogP contribution is 2.50. The maximum absolute atomic E-state index is 13.0. The Labute approximate surface area is 212 Å². The van der Waals surface area contributed by atoms with Gasteiger partial charge in [0.2, 0.25) is 0 Å². The molecule has 1 N–H and O–H groups in total. The number of esters is 2. The summed E-state index contributed by atoms with van der Waals surface area (Å²) >= 11 is 2.76. The van der Waals surface area contributed by atoms with Crippen LogP contribution in [0.3, 0.4) is 0 Å². The summed E-state index contributed by atoms with van der Waals surface area (Å²) in [7, 11) is 1.32. The Hall–Kier alpha value is -2.85. The van der Waals surface area contributed by atoms with Gasteiger partial charge in [0, 0.05) is 27.5 Å². The monoisotopic (exact) mass is 518 g/mol. The topological polar surface area (TPSA) is 94.2 Å². The third-order valence-corrected chi connectivity index (χ3v) is 8.18. The van der Waals surface area contributed by atoms with Gasteiger partial charge in [-0.15, -0.1) is 22.7 Å². The number of methoxy groups -OCH3 is 1. The lowest BCUT2D eigenvalue weighted by Crippen LogP contribution is -2.47. The first-order valence-electron chi connectivity index (χ1n) is 11.9. The van der Waals surface area contributed by atoms with Crippen molar-refractivity contribution in [1.29, 1.82) is 0 Å². The Bertz CT molecular complexity index is 1180. The zero-order valence-electron chi connectivity index (χ0n) is 20.2. The van der Waals surface area contributed by atoms with E-state index in [1.54, 1.807) is 6.92 Å². The number of fused-ring (bicyclic) bond motifs is 3. The molecule has 1 aliphatic heterocycles. The molecule has 0 spiro atoms. The zero-order valence-corrected chi connectivity index (χ0v) is 21.8. The molecule has 4 rings (SSSR count). The lowest BCUT2D eigenvalue weighted by atomic mass is 9.94. The van der Waals surface area contributed by atoms with E-state index in [2.05, 4.69) is 5.32 Å². The second-order valence-corrected chi connectivity index (χ2v) is 10.2. The summed E-state index contributed by atoms with van der Waals surface area (Å²) in [5.74, 6) is -0.689. The van der Waals surface area contributed by atoms with Gasteiger partial charge in [0.15, 0.2) is 17.2 Å². The SMILES string of the molecule is CCNC(=O)N(c1csc2c3c(OCC(=O)OCC)c(C(=O)OC)sc3cc-2c1)C1CCCCC1. The van der Waals surface area contributed by atoms with Crippen molar-refractivity contribution in [2.45, 2.75) is 52.0 Å². The predicted octanol–water partition coefficient (Wildman–Crippen LogP) is 5.66. The number of amides is 2. The Morgan fingerprint density at radius 1 is 1.14 bits per heavy atom. The maximum Gasteiger partial charge on any atom is 0.351 e. The van der Waals surface area contributed by atoms with Crippen molar-refractivity contribution in [3.05, 3.63) is 22.4 Å². The van der Waals surface area contributed by atoms with E-state index < -0.39 is 11.9 Å². The summed E-state index contributed by atoms with van der Waals surface area (Å²) in [5.41, 5.74) is 1.82. The summed E-state index contributed by atoms with van der Waals surface area (Å²) in [6, 6.07) is 4.11. The maximum atomic E-state index is 13.0. The second-order valence-electron chi connectivity index (χ2n) is 8.32. The molecule has 1 fully saturated rings. The number of thiophene rings is 1. The zero-order chi connectivity index (χ0) is 24.9. The van der Waals surface area contributed by atoms with Gasteiger partial charge in [0.05, 0.1) is 24.8 Å². The van der Waals surface area contributed by atoms with E-state index in [1.165, 1.54) is 36.2 Å². The van der Waals surface area contributed by atoms with Crippen molar-refractivity contribution in [3.63, 3.8) is 0 Å². The van der Waals surface area contributed by atoms with Gasteiger partial charge in [0.25, 0.3) is 0 Å². The number of ether oxygens (including phenoxy) is 3. The third kappa shape index (κ3) is 5.23. The van der Waals surface area contributed by atoms with Crippen LogP contribution in [0.5, 0.6) is 5.75 Å². The molecule has 10 heteroatoms. The van der Waals surface area contributed by atoms with E-state index in [1.807, 2.05) is 29.3 Å². The molecule has 1 aromatic heterocycles. The summed E-state index contributed by atoms with van der Waals surface area (Å²) in [5, 5.41) is 5.72. The highest BCUT2D eigenvalue weighted by atomic mass is 32.1. The second kappa shape index (κ2) is 11.3. The molecular weight excluding hydrogens is 488 g/mol. The molecule has 2 aliphatic carbocycles. The van der Waals surface area contributed by atoms with Crippen LogP contribution in [-0.4, -0.2) is 50.9 Å². The number of rotatable bonds is 8. The Morgan fingerprint density at radius 2 is 1.91 bits per heavy atom. The van der Waals surface area contributed by atoms with Crippen LogP contribution in [0.2, 0.25) is 0 Å². The highest BCUT2D eigenvalue weighted by molar-refractivity contribution is 7.22. The fraction of sp³-hybridized carbons (Fsp3) is 0.480. The Morgan fingerprint density at radius 3 is 2.60 bits per heavy atom. The van der Waals surface area contributed by atoms with Crippen molar-refractivity contribution < 1.29 is 28.6 Å². The summed E-state index contributed by atoms with van der Waals surface area (Å²) in [6.07, 6.45) is 5.43. The number of hydrogen-bond donors (Lipinski definition) is 1. The first-order chi connectivity index (χ1) is 17.0. The van der Waals surface area contributed by atoms with E-state index in [0.29, 0.717) is 17.2 Å². The van der Waals surface area contributed by atoms with Gasteiger partial charge in [-0.25, -0.2) is 14.4 Å². The van der Waals surface area contributed by atoms with Crippen LogP contribution in [0.15, 0.2) is 17.5 Å². The lowest BCUT2D eigenvalue weighted by molar-refractivity contribution is -0.145. The Kier molecular flexibility index (Phi) is 8.12. The van der Waals surface area contributed by atoms with Gasteiger partial charge in [-0.1, -0.05) is 19.3 Å². The minimum absolute atomic E-state index is 0.0780. The molecule has 188 valence electrons. The van der Waals surface area contributed by atoms with Crippen molar-refractivity contribution in [1.82, 2.24) is 5.32 Å². The van der Waals surface area contributed by atoms with Crippen LogP contribution >= 0.6 is 22.7 Å². The molecule has 8 nitrogen and oxygen atoms in total. The fourth-order valence-electron chi connectivity index (χ4n) is 4.54. The number of anilines is 1. The summed E-state index contributed by atoms with van der Waals surface area (Å²) in [6.45, 7) is 4.16. The normalized spacial score (nSPS) is 14.1. The van der Waals surface area contributed by atoms with Gasteiger partial charge >= 0.3 is 18.0 Å². The van der Waals surface area contributed by atoms with E-state index in [0.717, 1.165) is 51.9 Å². The molecule has 0 saturated heterocycles. The van der Waals surface area contributed by atoms with Crippen molar-refractivity contribution in [2.24, 2.45) is 0 Å². The third-order valence-electron chi connectivity index (χ3n) is 6.04. The smallest absolute Gasteiger partial charge is 0.351 e. The molecule has 0 atom stereocenters. The standard InChI is InChI=1S/C25H30N2O6S2/c1-4-26-25(30)27(16-9-7-6-8-10-16)17-11-15-12-18-20(22(15)34-14-17)21(23(35-18)24(29)31-3)33-13-19(28)32-5-2/h11-12,14,16H,4-10,13H2,1-3H3,(H,26,30). The van der Waals surface area contributed by atoms with E-state index in [4.69, 9.17) is 14.2 Å². The first-order valence-corrected chi connectivity index (χ1v) is 13.6. The van der Waals surface area contributed by atoms with Crippen LogP contribution in [0.25, 0.3) is 20.5 Å². The summed E-state index contributed by atoms with van der Waals surface area (Å²) < 4.78 is 16.6. The minimum Gasteiger partial charge on any atom is -0.479 e. The molecule has 1 aromatic rings. The largest absolute Gasteiger partial charge is 0.479 e. The summed E-state index contributed by atoms with van der Waals surface area (Å²) in [4.78, 5) is 40.5. The molecule has 0 bridgehead atoms. The fourth-order valence-corrected chi connectivity index (χ4v) is 6.72. The molecule has 2 amide bonds. The van der Waals surface area contributed by atoms with E-state index >= 15 is 0 Å². The van der Waals surface area contributed by atoms with Crippen molar-refractivity contribution in [3.8, 4) is 16.2 Å². The quantitative estimate of drug-likeness (QED) is 0.387. The molecule has 0 radical (unpaired) electrons. The molecule has 0 aromatic carbocycles. The van der Waals surface area contributed by atoms with Crippen molar-refractivity contribution >= 4 is 56.4 Å². The highest BCUT2D eigenvalue weighted by Gasteiger charge is 2.30. The first kappa shape index (κ1) is 25.2. The number of carbonyl (C=O) groups excluding carboxylic acids is 3. The molecule has 2 heterocycles. The van der Waals surface area contributed by atoms with Crippen LogP contribution in [0, 0.1) is 0 Å². The molecule has 35 heavy (non-hydrogen) atoms. The van der Waals surface area contributed by atoms with Crippen LogP contribution in [0.1, 0.15) is 55.6 Å². The number of nitrogens with one attached hydrogen (secondary N) is 1. The molecule has 0 unspecified atom stereocenters. The number of nitrogens with zero attached hydrogens (tertiary/aromatic N) is 1. The number of urea groups is 1. The predicted molar refractivity (Wildman–Crippen MR) is 138 cm³/mol.